The summed E-state index contributed by atoms with van der Waals surface area (Å²) in [6.45, 7) is -0.169. The van der Waals surface area contributed by atoms with Crippen LogP contribution >= 0.6 is 11.3 Å². The minimum absolute atomic E-state index is 0.00808. The number of allylic oxidation sites excluding steroid dienone is 1. The normalized spacial score (nSPS) is 14.5. The molecule has 2 aromatic carbocycles. The number of rotatable bonds is 8. The SMILES string of the molecule is CONC(=O)Nc1ccc(-c2sc3c(c2CN(C)C)c(=O)n(C2=NNC(OC)C=C2)c(=O)n3Cc2c(F)cccc2F)cc1. The number of nitrogens with one attached hydrogen (secondary N) is 3. The van der Waals surface area contributed by atoms with E-state index in [9.17, 15) is 23.2 Å². The van der Waals surface area contributed by atoms with E-state index in [1.54, 1.807) is 30.3 Å². The second kappa shape index (κ2) is 12.9. The number of amides is 2. The number of fused-ring (bicyclic) bond motifs is 1. The van der Waals surface area contributed by atoms with Gasteiger partial charge in [-0.15, -0.1) is 11.3 Å². The average molecular weight is 626 g/mol. The number of anilines is 1. The average Bonchev–Trinajstić information content (AvgIpc) is 3.36. The molecule has 1 atom stereocenters. The molecule has 0 saturated carbocycles. The molecule has 0 fully saturated rings. The summed E-state index contributed by atoms with van der Waals surface area (Å²) < 4.78 is 37.0. The van der Waals surface area contributed by atoms with Gasteiger partial charge >= 0.3 is 11.7 Å². The van der Waals surface area contributed by atoms with Crippen LogP contribution in [0.5, 0.6) is 0 Å². The van der Waals surface area contributed by atoms with Gasteiger partial charge in [-0.1, -0.05) is 18.2 Å². The van der Waals surface area contributed by atoms with E-state index < -0.39 is 41.7 Å². The summed E-state index contributed by atoms with van der Waals surface area (Å²) in [5, 5.41) is 7.00. The van der Waals surface area contributed by atoms with E-state index in [0.717, 1.165) is 28.0 Å². The summed E-state index contributed by atoms with van der Waals surface area (Å²) in [5.41, 5.74) is 4.89. The second-order valence-electron chi connectivity index (χ2n) is 9.99. The Morgan fingerprint density at radius 3 is 2.39 bits per heavy atom. The van der Waals surface area contributed by atoms with Crippen LogP contribution in [0.25, 0.3) is 20.7 Å². The molecule has 1 aliphatic heterocycles. The Labute approximate surface area is 253 Å². The van der Waals surface area contributed by atoms with Crippen LogP contribution in [-0.4, -0.2) is 60.4 Å². The van der Waals surface area contributed by atoms with E-state index in [1.165, 1.54) is 30.9 Å². The summed E-state index contributed by atoms with van der Waals surface area (Å²) in [7, 11) is 6.45. The van der Waals surface area contributed by atoms with Crippen LogP contribution in [0.3, 0.4) is 0 Å². The summed E-state index contributed by atoms with van der Waals surface area (Å²) in [4.78, 5) is 47.4. The van der Waals surface area contributed by atoms with Crippen molar-refractivity contribution < 1.29 is 23.1 Å². The summed E-state index contributed by atoms with van der Waals surface area (Å²) in [5.74, 6) is -1.66. The molecule has 5 rings (SSSR count). The first-order valence-electron chi connectivity index (χ1n) is 13.3. The van der Waals surface area contributed by atoms with Gasteiger partial charge in [0, 0.05) is 29.8 Å². The zero-order valence-corrected chi connectivity index (χ0v) is 25.0. The molecule has 2 amide bonds. The Bertz CT molecular complexity index is 1880. The van der Waals surface area contributed by atoms with Gasteiger partial charge in [0.2, 0.25) is 0 Å². The predicted molar refractivity (Wildman–Crippen MR) is 164 cm³/mol. The number of urea groups is 1. The molecule has 0 saturated heterocycles. The molecule has 44 heavy (non-hydrogen) atoms. The number of ether oxygens (including phenoxy) is 1. The van der Waals surface area contributed by atoms with Crippen molar-refractivity contribution in [3.05, 3.63) is 98.2 Å². The van der Waals surface area contributed by atoms with Crippen molar-refractivity contribution in [3.63, 3.8) is 0 Å². The van der Waals surface area contributed by atoms with Crippen molar-refractivity contribution in [2.75, 3.05) is 33.6 Å². The molecule has 3 heterocycles. The van der Waals surface area contributed by atoms with Crippen molar-refractivity contribution in [1.29, 1.82) is 0 Å². The van der Waals surface area contributed by atoms with Crippen LogP contribution < -0.4 is 27.5 Å². The molecule has 230 valence electrons. The van der Waals surface area contributed by atoms with E-state index >= 15 is 0 Å². The lowest BCUT2D eigenvalue weighted by molar-refractivity contribution is 0.112. The van der Waals surface area contributed by atoms with Crippen molar-refractivity contribution in [1.82, 2.24) is 24.9 Å². The molecule has 0 aliphatic carbocycles. The van der Waals surface area contributed by atoms with Gasteiger partial charge in [0.1, 0.15) is 16.5 Å². The Balaban J connectivity index is 1.76. The highest BCUT2D eigenvalue weighted by molar-refractivity contribution is 7.22. The van der Waals surface area contributed by atoms with Crippen LogP contribution in [0.15, 0.2) is 69.3 Å². The number of hydrogen-bond donors (Lipinski definition) is 3. The molecule has 0 spiro atoms. The lowest BCUT2D eigenvalue weighted by Gasteiger charge is -2.18. The Morgan fingerprint density at radius 1 is 1.09 bits per heavy atom. The quantitative estimate of drug-likeness (QED) is 0.256. The fourth-order valence-corrected chi connectivity index (χ4v) is 6.05. The standard InChI is InChI=1S/C29H29F2N7O5S/c1-36(2)14-19-24-26(39)38(22-12-13-23(42-3)34-33-22)29(41)37(15-18-20(30)6-5-7-21(18)31)27(24)44-25(19)16-8-10-17(11-9-16)32-28(40)35-43-4/h5-13,23,34H,14-15H2,1-4H3,(H2,32,35,40). The number of carbonyl (C=O) groups is 1. The van der Waals surface area contributed by atoms with E-state index in [-0.39, 0.29) is 21.6 Å². The maximum Gasteiger partial charge on any atom is 0.343 e. The largest absolute Gasteiger partial charge is 0.357 e. The van der Waals surface area contributed by atoms with E-state index in [2.05, 4.69) is 26.2 Å². The first kappa shape index (κ1) is 30.7. The highest BCUT2D eigenvalue weighted by Crippen LogP contribution is 2.38. The van der Waals surface area contributed by atoms with Gasteiger partial charge in [0.15, 0.2) is 12.1 Å². The fourth-order valence-electron chi connectivity index (χ4n) is 4.75. The number of thiophene rings is 1. The minimum Gasteiger partial charge on any atom is -0.357 e. The Morgan fingerprint density at radius 2 is 1.80 bits per heavy atom. The molecule has 2 aromatic heterocycles. The van der Waals surface area contributed by atoms with Crippen LogP contribution in [0, 0.1) is 11.6 Å². The zero-order chi connectivity index (χ0) is 31.5. The number of hydrazone groups is 1. The third-order valence-corrected chi connectivity index (χ3v) is 8.04. The second-order valence-corrected chi connectivity index (χ2v) is 11.0. The number of hydroxylamine groups is 1. The molecule has 3 N–H and O–H groups in total. The van der Waals surface area contributed by atoms with Gasteiger partial charge in [-0.2, -0.15) is 5.10 Å². The highest BCUT2D eigenvalue weighted by Gasteiger charge is 2.26. The number of carbonyl (C=O) groups excluding carboxylic acids is 1. The predicted octanol–water partition coefficient (Wildman–Crippen LogP) is 3.26. The lowest BCUT2D eigenvalue weighted by atomic mass is 10.1. The van der Waals surface area contributed by atoms with Gasteiger partial charge < -0.3 is 15.0 Å². The smallest absolute Gasteiger partial charge is 0.343 e. The first-order valence-corrected chi connectivity index (χ1v) is 14.1. The van der Waals surface area contributed by atoms with Crippen LogP contribution in [-0.2, 0) is 22.7 Å². The van der Waals surface area contributed by atoms with Crippen molar-refractivity contribution in [2.24, 2.45) is 5.10 Å². The van der Waals surface area contributed by atoms with Gasteiger partial charge in [0.05, 0.1) is 19.0 Å². The molecule has 4 aromatic rings. The Hall–Kier alpha value is -4.70. The van der Waals surface area contributed by atoms with Gasteiger partial charge in [0.25, 0.3) is 5.56 Å². The van der Waals surface area contributed by atoms with Crippen LogP contribution in [0.4, 0.5) is 19.3 Å². The molecule has 15 heteroatoms. The van der Waals surface area contributed by atoms with Crippen molar-refractivity contribution in [3.8, 4) is 10.4 Å². The zero-order valence-electron chi connectivity index (χ0n) is 24.2. The molecule has 1 unspecified atom stereocenters. The third-order valence-electron chi connectivity index (χ3n) is 6.73. The third kappa shape index (κ3) is 6.03. The number of halogens is 2. The van der Waals surface area contributed by atoms with Gasteiger partial charge in [-0.3, -0.25) is 19.6 Å². The van der Waals surface area contributed by atoms with Crippen molar-refractivity contribution in [2.45, 2.75) is 19.3 Å². The number of benzene rings is 2. The van der Waals surface area contributed by atoms with Gasteiger partial charge in [-0.25, -0.2) is 28.4 Å². The summed E-state index contributed by atoms with van der Waals surface area (Å²) >= 11 is 1.16. The maximum atomic E-state index is 14.9. The molecule has 0 radical (unpaired) electrons. The van der Waals surface area contributed by atoms with Crippen LogP contribution in [0.1, 0.15) is 11.1 Å². The van der Waals surface area contributed by atoms with Crippen LogP contribution in [0.2, 0.25) is 0 Å². The lowest BCUT2D eigenvalue weighted by Crippen LogP contribution is -2.45. The minimum atomic E-state index is -0.826. The van der Waals surface area contributed by atoms with E-state index in [1.807, 2.05) is 19.0 Å². The maximum absolute atomic E-state index is 14.9. The first-order chi connectivity index (χ1) is 21.1. The molecule has 12 nitrogen and oxygen atoms in total. The molecular weight excluding hydrogens is 596 g/mol. The molecule has 0 bridgehead atoms. The van der Waals surface area contributed by atoms with E-state index in [0.29, 0.717) is 28.2 Å². The van der Waals surface area contributed by atoms with Gasteiger partial charge in [-0.05, 0) is 61.6 Å². The van der Waals surface area contributed by atoms with Crippen molar-refractivity contribution >= 4 is 39.1 Å². The summed E-state index contributed by atoms with van der Waals surface area (Å²) in [6, 6.07) is 9.76. The topological polar surface area (TPSA) is 131 Å². The number of nitrogens with zero attached hydrogens (tertiary/aromatic N) is 4. The number of hydrogen-bond acceptors (Lipinski definition) is 9. The molecule has 1 aliphatic rings. The number of aromatic nitrogens is 2. The van der Waals surface area contributed by atoms with E-state index in [4.69, 9.17) is 4.74 Å². The monoisotopic (exact) mass is 625 g/mol. The highest BCUT2D eigenvalue weighted by atomic mass is 32.1. The Kier molecular flexibility index (Phi) is 9.01. The molecular formula is C29H29F2N7O5S. The summed E-state index contributed by atoms with van der Waals surface area (Å²) in [6.07, 6.45) is 2.49. The number of methoxy groups -OCH3 is 1. The fraction of sp³-hybridized carbons (Fsp3) is 0.241.